The normalized spacial score (nSPS) is 12.1. The van der Waals surface area contributed by atoms with E-state index in [-0.39, 0.29) is 6.04 Å². The van der Waals surface area contributed by atoms with E-state index >= 15 is 0 Å². The van der Waals surface area contributed by atoms with Crippen LogP contribution in [0.1, 0.15) is 23.6 Å². The second kappa shape index (κ2) is 3.92. The highest BCUT2D eigenvalue weighted by Gasteiger charge is 2.05. The summed E-state index contributed by atoms with van der Waals surface area (Å²) in [6.07, 6.45) is 0.322. The second-order valence-corrected chi connectivity index (χ2v) is 3.08. The van der Waals surface area contributed by atoms with Crippen LogP contribution >= 0.6 is 0 Å². The average Bonchev–Trinajstić information content (AvgIpc) is 2.10. The quantitative estimate of drug-likeness (QED) is 0.668. The standard InChI is InChI=1S/C10H13N3/c1-7-2-3-8(6-10(7)13)9(12)4-5-11/h2-3,6,9H,4,12-13H2,1H3. The van der Waals surface area contributed by atoms with Gasteiger partial charge in [-0.1, -0.05) is 12.1 Å². The molecule has 0 aliphatic carbocycles. The van der Waals surface area contributed by atoms with Crippen molar-refractivity contribution in [2.75, 3.05) is 5.73 Å². The van der Waals surface area contributed by atoms with Crippen LogP contribution in [-0.4, -0.2) is 0 Å². The smallest absolute Gasteiger partial charge is 0.0641 e. The third kappa shape index (κ3) is 2.20. The molecule has 1 aromatic rings. The molecule has 1 aromatic carbocycles. The van der Waals surface area contributed by atoms with Crippen LogP contribution in [0.5, 0.6) is 0 Å². The fraction of sp³-hybridized carbons (Fsp3) is 0.300. The van der Waals surface area contributed by atoms with Gasteiger partial charge in [0.25, 0.3) is 0 Å². The monoisotopic (exact) mass is 175 g/mol. The Morgan fingerprint density at radius 2 is 2.23 bits per heavy atom. The number of nitrogens with zero attached hydrogens (tertiary/aromatic N) is 1. The lowest BCUT2D eigenvalue weighted by Gasteiger charge is -2.09. The summed E-state index contributed by atoms with van der Waals surface area (Å²) >= 11 is 0. The SMILES string of the molecule is Cc1ccc(C(N)CC#N)cc1N. The topological polar surface area (TPSA) is 75.8 Å². The van der Waals surface area contributed by atoms with Crippen LogP contribution in [0, 0.1) is 18.3 Å². The third-order valence-electron chi connectivity index (χ3n) is 2.04. The zero-order valence-electron chi connectivity index (χ0n) is 7.62. The Hall–Kier alpha value is -1.53. The van der Waals surface area contributed by atoms with E-state index in [9.17, 15) is 0 Å². The minimum Gasteiger partial charge on any atom is -0.399 e. The first-order chi connectivity index (χ1) is 6.15. The van der Waals surface area contributed by atoms with Crippen molar-refractivity contribution in [3.05, 3.63) is 29.3 Å². The molecule has 68 valence electrons. The molecule has 13 heavy (non-hydrogen) atoms. The molecule has 0 saturated heterocycles. The van der Waals surface area contributed by atoms with Crippen LogP contribution in [0.2, 0.25) is 0 Å². The summed E-state index contributed by atoms with van der Waals surface area (Å²) in [6, 6.07) is 7.47. The highest BCUT2D eigenvalue weighted by molar-refractivity contribution is 5.49. The molecule has 0 aliphatic heterocycles. The summed E-state index contributed by atoms with van der Waals surface area (Å²) in [5.74, 6) is 0. The van der Waals surface area contributed by atoms with E-state index in [1.807, 2.05) is 31.2 Å². The molecule has 1 unspecified atom stereocenters. The summed E-state index contributed by atoms with van der Waals surface area (Å²) in [7, 11) is 0. The lowest BCUT2D eigenvalue weighted by Crippen LogP contribution is -2.09. The van der Waals surface area contributed by atoms with E-state index in [1.54, 1.807) is 0 Å². The number of hydrogen-bond acceptors (Lipinski definition) is 3. The summed E-state index contributed by atoms with van der Waals surface area (Å²) in [4.78, 5) is 0. The Morgan fingerprint density at radius 1 is 1.54 bits per heavy atom. The van der Waals surface area contributed by atoms with Gasteiger partial charge in [-0.2, -0.15) is 5.26 Å². The van der Waals surface area contributed by atoms with Gasteiger partial charge in [-0.25, -0.2) is 0 Å². The number of nitriles is 1. The summed E-state index contributed by atoms with van der Waals surface area (Å²) in [5.41, 5.74) is 14.1. The first-order valence-electron chi connectivity index (χ1n) is 4.13. The number of nitrogen functional groups attached to an aromatic ring is 1. The first-order valence-corrected chi connectivity index (χ1v) is 4.13. The van der Waals surface area contributed by atoms with Crippen LogP contribution in [0.4, 0.5) is 5.69 Å². The fourth-order valence-corrected chi connectivity index (χ4v) is 1.11. The number of benzene rings is 1. The first kappa shape index (κ1) is 9.56. The maximum absolute atomic E-state index is 8.46. The fourth-order valence-electron chi connectivity index (χ4n) is 1.11. The van der Waals surface area contributed by atoms with Crippen molar-refractivity contribution in [3.8, 4) is 6.07 Å². The van der Waals surface area contributed by atoms with Crippen LogP contribution in [0.15, 0.2) is 18.2 Å². The molecule has 0 heterocycles. The summed E-state index contributed by atoms with van der Waals surface area (Å²) in [5, 5.41) is 8.46. The molecule has 0 aliphatic rings. The molecule has 0 saturated carbocycles. The Bertz CT molecular complexity index is 339. The molecule has 1 rings (SSSR count). The van der Waals surface area contributed by atoms with Crippen molar-refractivity contribution in [3.63, 3.8) is 0 Å². The van der Waals surface area contributed by atoms with Gasteiger partial charge in [-0.05, 0) is 24.1 Å². The zero-order valence-corrected chi connectivity index (χ0v) is 7.62. The molecule has 0 radical (unpaired) electrons. The van der Waals surface area contributed by atoms with E-state index in [0.29, 0.717) is 6.42 Å². The van der Waals surface area contributed by atoms with Crippen molar-refractivity contribution < 1.29 is 0 Å². The molecule has 0 bridgehead atoms. The molecule has 0 aromatic heterocycles. The lowest BCUT2D eigenvalue weighted by atomic mass is 10.0. The number of aryl methyl sites for hydroxylation is 1. The number of anilines is 1. The predicted molar refractivity (Wildman–Crippen MR) is 52.7 cm³/mol. The largest absolute Gasteiger partial charge is 0.399 e. The van der Waals surface area contributed by atoms with E-state index in [4.69, 9.17) is 16.7 Å². The van der Waals surface area contributed by atoms with E-state index in [2.05, 4.69) is 0 Å². The molecule has 3 heteroatoms. The Morgan fingerprint density at radius 3 is 2.77 bits per heavy atom. The summed E-state index contributed by atoms with van der Waals surface area (Å²) < 4.78 is 0. The number of hydrogen-bond donors (Lipinski definition) is 2. The molecule has 0 fully saturated rings. The van der Waals surface area contributed by atoms with Crippen molar-refractivity contribution in [1.29, 1.82) is 5.26 Å². The van der Waals surface area contributed by atoms with Gasteiger partial charge in [-0.3, -0.25) is 0 Å². The van der Waals surface area contributed by atoms with Crippen molar-refractivity contribution in [2.24, 2.45) is 5.73 Å². The number of rotatable bonds is 2. The van der Waals surface area contributed by atoms with Crippen LogP contribution in [0.3, 0.4) is 0 Å². The van der Waals surface area contributed by atoms with Crippen LogP contribution < -0.4 is 11.5 Å². The molecule has 1 atom stereocenters. The minimum atomic E-state index is -0.229. The van der Waals surface area contributed by atoms with Crippen LogP contribution in [-0.2, 0) is 0 Å². The predicted octanol–water partition coefficient (Wildman–Crippen LogP) is 1.49. The third-order valence-corrected chi connectivity index (χ3v) is 2.04. The van der Waals surface area contributed by atoms with Gasteiger partial charge >= 0.3 is 0 Å². The van der Waals surface area contributed by atoms with Crippen molar-refractivity contribution in [1.82, 2.24) is 0 Å². The minimum absolute atomic E-state index is 0.229. The van der Waals surface area contributed by atoms with Gasteiger partial charge in [0, 0.05) is 11.7 Å². The van der Waals surface area contributed by atoms with Crippen molar-refractivity contribution in [2.45, 2.75) is 19.4 Å². The Balaban J connectivity index is 2.91. The highest BCUT2D eigenvalue weighted by Crippen LogP contribution is 2.19. The average molecular weight is 175 g/mol. The lowest BCUT2D eigenvalue weighted by molar-refractivity contribution is 0.749. The van der Waals surface area contributed by atoms with Gasteiger partial charge < -0.3 is 11.5 Å². The zero-order chi connectivity index (χ0) is 9.84. The van der Waals surface area contributed by atoms with Gasteiger partial charge in [0.05, 0.1) is 12.5 Å². The maximum Gasteiger partial charge on any atom is 0.0641 e. The van der Waals surface area contributed by atoms with E-state index in [1.165, 1.54) is 0 Å². The van der Waals surface area contributed by atoms with Gasteiger partial charge in [0.15, 0.2) is 0 Å². The summed E-state index contributed by atoms with van der Waals surface area (Å²) in [6.45, 7) is 1.94. The van der Waals surface area contributed by atoms with Gasteiger partial charge in [-0.15, -0.1) is 0 Å². The van der Waals surface area contributed by atoms with E-state index < -0.39 is 0 Å². The highest BCUT2D eigenvalue weighted by atomic mass is 14.6. The second-order valence-electron chi connectivity index (χ2n) is 3.08. The molecule has 0 amide bonds. The molecular formula is C10H13N3. The number of nitrogens with two attached hydrogens (primary N) is 2. The molecular weight excluding hydrogens is 162 g/mol. The molecule has 0 spiro atoms. The van der Waals surface area contributed by atoms with Gasteiger partial charge in [0.2, 0.25) is 0 Å². The Labute approximate surface area is 78.0 Å². The van der Waals surface area contributed by atoms with Crippen molar-refractivity contribution >= 4 is 5.69 Å². The van der Waals surface area contributed by atoms with Crippen LogP contribution in [0.25, 0.3) is 0 Å². The Kier molecular flexibility index (Phi) is 2.88. The molecule has 3 nitrogen and oxygen atoms in total. The van der Waals surface area contributed by atoms with Gasteiger partial charge in [0.1, 0.15) is 0 Å². The maximum atomic E-state index is 8.46. The van der Waals surface area contributed by atoms with E-state index in [0.717, 1.165) is 16.8 Å². The molecule has 4 N–H and O–H groups in total.